The summed E-state index contributed by atoms with van der Waals surface area (Å²) in [6.45, 7) is 9.64. The lowest BCUT2D eigenvalue weighted by Gasteiger charge is -2.13. The zero-order chi connectivity index (χ0) is 11.0. The van der Waals surface area contributed by atoms with E-state index in [1.165, 1.54) is 6.42 Å². The largest absolute Gasteiger partial charge is 0.314 e. The fourth-order valence-electron chi connectivity index (χ4n) is 1.26. The Bertz CT molecular complexity index is 159. The van der Waals surface area contributed by atoms with E-state index in [0.29, 0.717) is 12.0 Å². The van der Waals surface area contributed by atoms with Gasteiger partial charge in [0.05, 0.1) is 0 Å². The topological polar surface area (TPSA) is 29.1 Å². The molecule has 0 fully saturated rings. The summed E-state index contributed by atoms with van der Waals surface area (Å²) in [4.78, 5) is 0. The molecule has 0 aliphatic carbocycles. The molecule has 3 heteroatoms. The van der Waals surface area contributed by atoms with Gasteiger partial charge in [-0.3, -0.25) is 4.21 Å². The number of nitrogens with one attached hydrogen (secondary N) is 1. The van der Waals surface area contributed by atoms with Gasteiger partial charge in [0.15, 0.2) is 0 Å². The summed E-state index contributed by atoms with van der Waals surface area (Å²) >= 11 is 0. The standard InChI is InChI=1S/C11H25NOS/c1-5-7-12-11(4)6-8-14(13)9-10(2)3/h10-12H,5-9H2,1-4H3. The molecule has 1 N–H and O–H groups in total. The predicted molar refractivity (Wildman–Crippen MR) is 65.1 cm³/mol. The molecule has 0 saturated heterocycles. The third-order valence-electron chi connectivity index (χ3n) is 2.04. The first-order valence-electron chi connectivity index (χ1n) is 5.64. The Kier molecular flexibility index (Phi) is 8.49. The van der Waals surface area contributed by atoms with E-state index in [0.717, 1.165) is 24.5 Å². The van der Waals surface area contributed by atoms with Crippen LogP contribution in [0.2, 0.25) is 0 Å². The molecule has 0 spiro atoms. The Labute approximate surface area is 91.3 Å². The average molecular weight is 219 g/mol. The summed E-state index contributed by atoms with van der Waals surface area (Å²) in [5, 5.41) is 3.41. The Morgan fingerprint density at radius 2 is 1.93 bits per heavy atom. The van der Waals surface area contributed by atoms with E-state index in [1.807, 2.05) is 0 Å². The molecule has 0 aromatic heterocycles. The van der Waals surface area contributed by atoms with Crippen LogP contribution >= 0.6 is 0 Å². The van der Waals surface area contributed by atoms with E-state index in [1.54, 1.807) is 0 Å². The van der Waals surface area contributed by atoms with Crippen molar-refractivity contribution in [1.82, 2.24) is 5.32 Å². The van der Waals surface area contributed by atoms with E-state index < -0.39 is 10.8 Å². The molecular formula is C11H25NOS. The van der Waals surface area contributed by atoms with Gasteiger partial charge in [0, 0.05) is 28.3 Å². The van der Waals surface area contributed by atoms with E-state index in [-0.39, 0.29) is 0 Å². The summed E-state index contributed by atoms with van der Waals surface area (Å²) in [6, 6.07) is 0.506. The zero-order valence-electron chi connectivity index (χ0n) is 10.0. The monoisotopic (exact) mass is 219 g/mol. The van der Waals surface area contributed by atoms with Gasteiger partial charge in [-0.25, -0.2) is 0 Å². The molecule has 0 aromatic carbocycles. The maximum atomic E-state index is 11.5. The van der Waals surface area contributed by atoms with Crippen molar-refractivity contribution in [1.29, 1.82) is 0 Å². The Morgan fingerprint density at radius 1 is 1.29 bits per heavy atom. The molecule has 86 valence electrons. The molecular weight excluding hydrogens is 194 g/mol. The molecule has 0 amide bonds. The number of hydrogen-bond donors (Lipinski definition) is 1. The molecule has 2 nitrogen and oxygen atoms in total. The smallest absolute Gasteiger partial charge is 0.0257 e. The minimum Gasteiger partial charge on any atom is -0.314 e. The highest BCUT2D eigenvalue weighted by atomic mass is 32.2. The first-order valence-corrected chi connectivity index (χ1v) is 7.13. The van der Waals surface area contributed by atoms with Gasteiger partial charge in [-0.05, 0) is 32.2 Å². The molecule has 0 saturated carbocycles. The number of rotatable bonds is 8. The SMILES string of the molecule is CCCNC(C)CCS(=O)CC(C)C. The molecule has 2 atom stereocenters. The molecule has 0 heterocycles. The third-order valence-corrected chi connectivity index (χ3v) is 3.77. The highest BCUT2D eigenvalue weighted by molar-refractivity contribution is 7.84. The van der Waals surface area contributed by atoms with E-state index in [4.69, 9.17) is 0 Å². The third kappa shape index (κ3) is 8.70. The van der Waals surface area contributed by atoms with Gasteiger partial charge in [0.1, 0.15) is 0 Å². The number of hydrogen-bond acceptors (Lipinski definition) is 2. The van der Waals surface area contributed by atoms with Gasteiger partial charge >= 0.3 is 0 Å². The molecule has 14 heavy (non-hydrogen) atoms. The fraction of sp³-hybridized carbons (Fsp3) is 1.00. The maximum absolute atomic E-state index is 11.5. The second-order valence-electron chi connectivity index (χ2n) is 4.35. The normalized spacial score (nSPS) is 15.8. The van der Waals surface area contributed by atoms with Crippen LogP contribution in [0.5, 0.6) is 0 Å². The van der Waals surface area contributed by atoms with Crippen LogP contribution in [0.25, 0.3) is 0 Å². The lowest BCUT2D eigenvalue weighted by Crippen LogP contribution is -2.28. The molecule has 2 unspecified atom stereocenters. The first-order chi connectivity index (χ1) is 6.56. The lowest BCUT2D eigenvalue weighted by atomic mass is 10.2. The lowest BCUT2D eigenvalue weighted by molar-refractivity contribution is 0.532. The summed E-state index contributed by atoms with van der Waals surface area (Å²) in [7, 11) is -0.616. The molecule has 0 aromatic rings. The minimum absolute atomic E-state index is 0.506. The van der Waals surface area contributed by atoms with Gasteiger partial charge in [-0.1, -0.05) is 20.8 Å². The second kappa shape index (κ2) is 8.42. The van der Waals surface area contributed by atoms with Gasteiger partial charge in [-0.15, -0.1) is 0 Å². The van der Waals surface area contributed by atoms with E-state index in [9.17, 15) is 4.21 Å². The van der Waals surface area contributed by atoms with Crippen LogP contribution in [0.15, 0.2) is 0 Å². The van der Waals surface area contributed by atoms with Crippen LogP contribution in [0.3, 0.4) is 0 Å². The molecule has 0 rings (SSSR count). The van der Waals surface area contributed by atoms with Crippen molar-refractivity contribution < 1.29 is 4.21 Å². The van der Waals surface area contributed by atoms with Crippen LogP contribution in [-0.2, 0) is 10.8 Å². The molecule has 0 bridgehead atoms. The van der Waals surface area contributed by atoms with Crippen molar-refractivity contribution in [3.8, 4) is 0 Å². The minimum atomic E-state index is -0.616. The van der Waals surface area contributed by atoms with E-state index >= 15 is 0 Å². The highest BCUT2D eigenvalue weighted by Crippen LogP contribution is 2.00. The van der Waals surface area contributed by atoms with E-state index in [2.05, 4.69) is 33.0 Å². The first kappa shape index (κ1) is 14.1. The van der Waals surface area contributed by atoms with Crippen molar-refractivity contribution in [2.24, 2.45) is 5.92 Å². The van der Waals surface area contributed by atoms with Gasteiger partial charge in [-0.2, -0.15) is 0 Å². The van der Waals surface area contributed by atoms with Crippen molar-refractivity contribution in [2.45, 2.75) is 46.6 Å². The van der Waals surface area contributed by atoms with Gasteiger partial charge in [0.2, 0.25) is 0 Å². The summed E-state index contributed by atoms with van der Waals surface area (Å²) in [6.07, 6.45) is 2.19. The van der Waals surface area contributed by atoms with Crippen LogP contribution in [0.1, 0.15) is 40.5 Å². The second-order valence-corrected chi connectivity index (χ2v) is 5.97. The summed E-state index contributed by atoms with van der Waals surface area (Å²) in [5.41, 5.74) is 0. The Morgan fingerprint density at radius 3 is 2.43 bits per heavy atom. The Hall–Kier alpha value is 0.110. The fourth-order valence-corrected chi connectivity index (χ4v) is 2.78. The maximum Gasteiger partial charge on any atom is 0.0257 e. The van der Waals surface area contributed by atoms with Gasteiger partial charge < -0.3 is 5.32 Å². The van der Waals surface area contributed by atoms with Crippen LogP contribution < -0.4 is 5.32 Å². The van der Waals surface area contributed by atoms with Crippen LogP contribution in [0.4, 0.5) is 0 Å². The van der Waals surface area contributed by atoms with Crippen LogP contribution in [-0.4, -0.2) is 28.3 Å². The summed E-state index contributed by atoms with van der Waals surface area (Å²) in [5.74, 6) is 2.24. The van der Waals surface area contributed by atoms with Crippen molar-refractivity contribution in [2.75, 3.05) is 18.1 Å². The molecule has 0 aliphatic rings. The quantitative estimate of drug-likeness (QED) is 0.678. The highest BCUT2D eigenvalue weighted by Gasteiger charge is 2.06. The summed E-state index contributed by atoms with van der Waals surface area (Å²) < 4.78 is 11.5. The zero-order valence-corrected chi connectivity index (χ0v) is 10.8. The molecule has 0 radical (unpaired) electrons. The Balaban J connectivity index is 3.45. The van der Waals surface area contributed by atoms with Crippen LogP contribution in [0, 0.1) is 5.92 Å². The predicted octanol–water partition coefficient (Wildman–Crippen LogP) is 2.17. The van der Waals surface area contributed by atoms with Crippen molar-refractivity contribution >= 4 is 10.8 Å². The van der Waals surface area contributed by atoms with Gasteiger partial charge in [0.25, 0.3) is 0 Å². The van der Waals surface area contributed by atoms with Crippen molar-refractivity contribution in [3.05, 3.63) is 0 Å². The average Bonchev–Trinajstić information content (AvgIpc) is 2.10. The van der Waals surface area contributed by atoms with Crippen molar-refractivity contribution in [3.63, 3.8) is 0 Å². The molecule has 0 aliphatic heterocycles.